The Bertz CT molecular complexity index is 310. The van der Waals surface area contributed by atoms with E-state index in [9.17, 15) is 0 Å². The smallest absolute Gasteiger partial charge is 0.157 e. The standard InChI is InChI=1S/C15H28N2S/c1-11(2)9-12-10-16-14(18-12)17-13-7-5-6-8-15(13,3)4/h11-13H,5-10H2,1-4H3,(H,16,17). The fourth-order valence-corrected chi connectivity index (χ4v) is 4.36. The molecule has 2 atom stereocenters. The summed E-state index contributed by atoms with van der Waals surface area (Å²) in [7, 11) is 0. The van der Waals surface area contributed by atoms with Gasteiger partial charge in [0.1, 0.15) is 0 Å². The number of aliphatic imine (C=N–C) groups is 1. The zero-order valence-corrected chi connectivity index (χ0v) is 13.1. The Morgan fingerprint density at radius 1 is 1.39 bits per heavy atom. The molecule has 0 amide bonds. The van der Waals surface area contributed by atoms with E-state index in [0.717, 1.165) is 12.5 Å². The van der Waals surface area contributed by atoms with Gasteiger partial charge >= 0.3 is 0 Å². The summed E-state index contributed by atoms with van der Waals surface area (Å²) < 4.78 is 0. The third kappa shape index (κ3) is 3.66. The first kappa shape index (κ1) is 14.2. The molecule has 0 aromatic rings. The highest BCUT2D eigenvalue weighted by Gasteiger charge is 2.34. The van der Waals surface area contributed by atoms with E-state index in [1.165, 1.54) is 37.3 Å². The Morgan fingerprint density at radius 3 is 2.83 bits per heavy atom. The van der Waals surface area contributed by atoms with Crippen molar-refractivity contribution in [3.8, 4) is 0 Å². The van der Waals surface area contributed by atoms with E-state index >= 15 is 0 Å². The normalized spacial score (nSPS) is 31.5. The van der Waals surface area contributed by atoms with Crippen LogP contribution in [0.15, 0.2) is 4.99 Å². The highest BCUT2D eigenvalue weighted by Crippen LogP contribution is 2.36. The first-order chi connectivity index (χ1) is 8.47. The van der Waals surface area contributed by atoms with E-state index in [2.05, 4.69) is 33.0 Å². The number of hydrogen-bond donors (Lipinski definition) is 1. The van der Waals surface area contributed by atoms with Crippen molar-refractivity contribution in [3.63, 3.8) is 0 Å². The van der Waals surface area contributed by atoms with Crippen LogP contribution in [0, 0.1) is 11.3 Å². The van der Waals surface area contributed by atoms with Gasteiger partial charge < -0.3 is 5.32 Å². The van der Waals surface area contributed by atoms with Gasteiger partial charge in [-0.2, -0.15) is 0 Å². The second-order valence-corrected chi connectivity index (χ2v) is 8.24. The second kappa shape index (κ2) is 5.85. The van der Waals surface area contributed by atoms with Crippen molar-refractivity contribution in [1.82, 2.24) is 5.32 Å². The molecule has 104 valence electrons. The van der Waals surface area contributed by atoms with Gasteiger partial charge in [-0.25, -0.2) is 0 Å². The topological polar surface area (TPSA) is 24.4 Å². The Labute approximate surface area is 116 Å². The molecule has 2 nitrogen and oxygen atoms in total. The first-order valence-corrected chi connectivity index (χ1v) is 8.33. The minimum absolute atomic E-state index is 0.428. The molecule has 2 unspecified atom stereocenters. The molecule has 1 heterocycles. The maximum Gasteiger partial charge on any atom is 0.157 e. The Morgan fingerprint density at radius 2 is 2.17 bits per heavy atom. The van der Waals surface area contributed by atoms with Crippen LogP contribution in [0.4, 0.5) is 0 Å². The third-order valence-electron chi connectivity index (χ3n) is 4.26. The summed E-state index contributed by atoms with van der Waals surface area (Å²) in [6.45, 7) is 10.4. The van der Waals surface area contributed by atoms with E-state index in [-0.39, 0.29) is 0 Å². The van der Waals surface area contributed by atoms with Gasteiger partial charge in [0.25, 0.3) is 0 Å². The minimum atomic E-state index is 0.428. The molecule has 2 rings (SSSR count). The van der Waals surface area contributed by atoms with Crippen molar-refractivity contribution in [2.24, 2.45) is 16.3 Å². The van der Waals surface area contributed by atoms with Gasteiger partial charge in [-0.05, 0) is 30.6 Å². The van der Waals surface area contributed by atoms with E-state index < -0.39 is 0 Å². The van der Waals surface area contributed by atoms with Crippen LogP contribution >= 0.6 is 11.8 Å². The van der Waals surface area contributed by atoms with Crippen LogP contribution in [0.3, 0.4) is 0 Å². The van der Waals surface area contributed by atoms with Crippen LogP contribution in [-0.4, -0.2) is 23.0 Å². The maximum atomic E-state index is 4.70. The Balaban J connectivity index is 1.83. The molecule has 18 heavy (non-hydrogen) atoms. The molecule has 0 bridgehead atoms. The molecule has 2 aliphatic rings. The SMILES string of the molecule is CC(C)CC1CN=C(NC2CCCCC2(C)C)S1. The summed E-state index contributed by atoms with van der Waals surface area (Å²) in [5.74, 6) is 0.781. The van der Waals surface area contributed by atoms with Crippen LogP contribution in [0.25, 0.3) is 0 Å². The van der Waals surface area contributed by atoms with Gasteiger partial charge in [0.2, 0.25) is 0 Å². The van der Waals surface area contributed by atoms with Gasteiger partial charge in [-0.3, -0.25) is 4.99 Å². The van der Waals surface area contributed by atoms with Crippen molar-refractivity contribution in [1.29, 1.82) is 0 Å². The van der Waals surface area contributed by atoms with Crippen LogP contribution in [-0.2, 0) is 0 Å². The van der Waals surface area contributed by atoms with Crippen molar-refractivity contribution in [2.75, 3.05) is 6.54 Å². The quantitative estimate of drug-likeness (QED) is 0.834. The number of amidine groups is 1. The van der Waals surface area contributed by atoms with Crippen LogP contribution < -0.4 is 5.32 Å². The fourth-order valence-electron chi connectivity index (χ4n) is 3.06. The molecule has 0 spiro atoms. The van der Waals surface area contributed by atoms with Gasteiger partial charge in [-0.15, -0.1) is 0 Å². The van der Waals surface area contributed by atoms with E-state index in [1.54, 1.807) is 0 Å². The molecule has 1 saturated carbocycles. The summed E-state index contributed by atoms with van der Waals surface area (Å²) in [6, 6.07) is 0.621. The maximum absolute atomic E-state index is 4.70. The lowest BCUT2D eigenvalue weighted by atomic mass is 9.73. The summed E-state index contributed by atoms with van der Waals surface area (Å²) in [4.78, 5) is 4.70. The molecule has 3 heteroatoms. The first-order valence-electron chi connectivity index (χ1n) is 7.45. The molecule has 1 aliphatic carbocycles. The molecular formula is C15H28N2S. The molecule has 1 aliphatic heterocycles. The van der Waals surface area contributed by atoms with Gasteiger partial charge in [0, 0.05) is 11.3 Å². The average Bonchev–Trinajstić information content (AvgIpc) is 2.68. The van der Waals surface area contributed by atoms with Crippen LogP contribution in [0.5, 0.6) is 0 Å². The fraction of sp³-hybridized carbons (Fsp3) is 0.933. The van der Waals surface area contributed by atoms with Crippen LogP contribution in [0.2, 0.25) is 0 Å². The van der Waals surface area contributed by atoms with E-state index in [0.29, 0.717) is 16.7 Å². The van der Waals surface area contributed by atoms with E-state index in [1.807, 2.05) is 11.8 Å². The van der Waals surface area contributed by atoms with Gasteiger partial charge in [0.15, 0.2) is 5.17 Å². The van der Waals surface area contributed by atoms with E-state index in [4.69, 9.17) is 4.99 Å². The molecule has 1 fully saturated rings. The predicted molar refractivity (Wildman–Crippen MR) is 82.3 cm³/mol. The van der Waals surface area contributed by atoms with Crippen molar-refractivity contribution in [2.45, 2.75) is 71.1 Å². The Kier molecular flexibility index (Phi) is 4.63. The zero-order valence-electron chi connectivity index (χ0n) is 12.3. The van der Waals surface area contributed by atoms with Crippen LogP contribution in [0.1, 0.15) is 59.8 Å². The van der Waals surface area contributed by atoms with Gasteiger partial charge in [-0.1, -0.05) is 52.3 Å². The molecular weight excluding hydrogens is 240 g/mol. The van der Waals surface area contributed by atoms with Gasteiger partial charge in [0.05, 0.1) is 6.54 Å². The second-order valence-electron chi connectivity index (χ2n) is 6.95. The number of nitrogens with one attached hydrogen (secondary N) is 1. The number of rotatable bonds is 3. The van der Waals surface area contributed by atoms with Crippen molar-refractivity contribution in [3.05, 3.63) is 0 Å². The highest BCUT2D eigenvalue weighted by molar-refractivity contribution is 8.14. The predicted octanol–water partition coefficient (Wildman–Crippen LogP) is 4.06. The Hall–Kier alpha value is -0.180. The highest BCUT2D eigenvalue weighted by atomic mass is 32.2. The lowest BCUT2D eigenvalue weighted by Gasteiger charge is -2.39. The summed E-state index contributed by atoms with van der Waals surface area (Å²) in [5, 5.41) is 5.64. The minimum Gasteiger partial charge on any atom is -0.362 e. The molecule has 1 N–H and O–H groups in total. The average molecular weight is 268 g/mol. The number of nitrogens with zero attached hydrogens (tertiary/aromatic N) is 1. The number of thioether (sulfide) groups is 1. The third-order valence-corrected chi connectivity index (χ3v) is 5.40. The lowest BCUT2D eigenvalue weighted by Crippen LogP contribution is -2.45. The van der Waals surface area contributed by atoms with Crippen molar-refractivity contribution >= 4 is 16.9 Å². The molecule has 0 saturated heterocycles. The lowest BCUT2D eigenvalue weighted by molar-refractivity contribution is 0.186. The van der Waals surface area contributed by atoms with Crippen molar-refractivity contribution < 1.29 is 0 Å². The largest absolute Gasteiger partial charge is 0.362 e. The summed E-state index contributed by atoms with van der Waals surface area (Å²) in [5.41, 5.74) is 0.428. The number of hydrogen-bond acceptors (Lipinski definition) is 3. The monoisotopic (exact) mass is 268 g/mol. The molecule has 0 radical (unpaired) electrons. The molecule has 0 aromatic heterocycles. The summed E-state index contributed by atoms with van der Waals surface area (Å²) in [6.07, 6.45) is 6.70. The summed E-state index contributed by atoms with van der Waals surface area (Å²) >= 11 is 1.97. The molecule has 0 aromatic carbocycles. The zero-order chi connectivity index (χ0) is 13.2.